The summed E-state index contributed by atoms with van der Waals surface area (Å²) in [7, 11) is 1.49. The molecule has 0 aliphatic carbocycles. The molecule has 0 saturated carbocycles. The van der Waals surface area contributed by atoms with Gasteiger partial charge in [-0.05, 0) is 18.9 Å². The molecule has 23 heavy (non-hydrogen) atoms. The van der Waals surface area contributed by atoms with Crippen molar-refractivity contribution in [2.75, 3.05) is 26.7 Å². The van der Waals surface area contributed by atoms with Crippen LogP contribution in [0.4, 0.5) is 4.79 Å². The van der Waals surface area contributed by atoms with E-state index in [-0.39, 0.29) is 30.4 Å². The van der Waals surface area contributed by atoms with Crippen LogP contribution in [0.3, 0.4) is 0 Å². The van der Waals surface area contributed by atoms with Crippen molar-refractivity contribution in [2.45, 2.75) is 18.9 Å². The minimum absolute atomic E-state index is 0.0121. The SMILES string of the molecule is CN1C(=O)CN(C2CCN(C(=O)c3cc(Cl)sc3Cl)CC2)C1=O. The van der Waals surface area contributed by atoms with Crippen molar-refractivity contribution in [3.05, 3.63) is 20.3 Å². The lowest BCUT2D eigenvalue weighted by Crippen LogP contribution is -2.47. The third-order valence-electron chi connectivity index (χ3n) is 4.29. The van der Waals surface area contributed by atoms with Crippen LogP contribution in [0.2, 0.25) is 8.67 Å². The maximum Gasteiger partial charge on any atom is 0.327 e. The number of imide groups is 1. The van der Waals surface area contributed by atoms with Crippen molar-refractivity contribution in [1.29, 1.82) is 0 Å². The van der Waals surface area contributed by atoms with Crippen LogP contribution in [0.1, 0.15) is 23.2 Å². The molecule has 9 heteroatoms. The number of hydrogen-bond donors (Lipinski definition) is 0. The van der Waals surface area contributed by atoms with Gasteiger partial charge in [-0.25, -0.2) is 4.79 Å². The maximum absolute atomic E-state index is 12.5. The van der Waals surface area contributed by atoms with Gasteiger partial charge in [0.25, 0.3) is 5.91 Å². The van der Waals surface area contributed by atoms with E-state index in [4.69, 9.17) is 23.2 Å². The third kappa shape index (κ3) is 3.05. The Hall–Kier alpha value is -1.31. The number of amides is 4. The fourth-order valence-electron chi connectivity index (χ4n) is 2.94. The number of urea groups is 1. The first-order valence-electron chi connectivity index (χ1n) is 7.19. The average Bonchev–Trinajstić information content (AvgIpc) is 3.00. The molecule has 0 N–H and O–H groups in total. The molecule has 2 fully saturated rings. The number of likely N-dealkylation sites (N-methyl/N-ethyl adjacent to an activating group) is 1. The van der Waals surface area contributed by atoms with Crippen LogP contribution in [0.25, 0.3) is 0 Å². The lowest BCUT2D eigenvalue weighted by molar-refractivity contribution is -0.124. The molecule has 2 aliphatic heterocycles. The second-order valence-corrected chi connectivity index (χ2v) is 7.91. The molecule has 124 valence electrons. The first-order chi connectivity index (χ1) is 10.9. The van der Waals surface area contributed by atoms with Crippen molar-refractivity contribution >= 4 is 52.4 Å². The van der Waals surface area contributed by atoms with E-state index in [1.165, 1.54) is 18.4 Å². The van der Waals surface area contributed by atoms with E-state index in [1.54, 1.807) is 15.9 Å². The Labute approximate surface area is 147 Å². The maximum atomic E-state index is 12.5. The van der Waals surface area contributed by atoms with Gasteiger partial charge < -0.3 is 9.80 Å². The fourth-order valence-corrected chi connectivity index (χ4v) is 4.39. The van der Waals surface area contributed by atoms with Gasteiger partial charge in [0.15, 0.2) is 0 Å². The minimum atomic E-state index is -0.257. The van der Waals surface area contributed by atoms with Gasteiger partial charge in [0, 0.05) is 26.2 Å². The molecule has 3 rings (SSSR count). The summed E-state index contributed by atoms with van der Waals surface area (Å²) in [5, 5.41) is 0. The largest absolute Gasteiger partial charge is 0.338 e. The number of rotatable bonds is 2. The summed E-state index contributed by atoms with van der Waals surface area (Å²) in [6, 6.07) is 1.31. The average molecular weight is 376 g/mol. The highest BCUT2D eigenvalue weighted by Gasteiger charge is 2.39. The lowest BCUT2D eigenvalue weighted by Gasteiger charge is -2.36. The second kappa shape index (κ2) is 6.30. The van der Waals surface area contributed by atoms with E-state index in [0.717, 1.165) is 4.90 Å². The number of nitrogens with zero attached hydrogens (tertiary/aromatic N) is 3. The Bertz CT molecular complexity index is 670. The Morgan fingerprint density at radius 3 is 2.39 bits per heavy atom. The minimum Gasteiger partial charge on any atom is -0.338 e. The van der Waals surface area contributed by atoms with E-state index in [2.05, 4.69) is 0 Å². The van der Waals surface area contributed by atoms with Crippen LogP contribution in [-0.4, -0.2) is 65.3 Å². The first kappa shape index (κ1) is 16.5. The summed E-state index contributed by atoms with van der Waals surface area (Å²) in [5.74, 6) is -0.328. The van der Waals surface area contributed by atoms with Crippen LogP contribution in [0.5, 0.6) is 0 Å². The molecule has 0 radical (unpaired) electrons. The predicted octanol–water partition coefficient (Wildman–Crippen LogP) is 2.55. The topological polar surface area (TPSA) is 60.9 Å². The van der Waals surface area contributed by atoms with Crippen molar-refractivity contribution in [2.24, 2.45) is 0 Å². The van der Waals surface area contributed by atoms with Gasteiger partial charge >= 0.3 is 6.03 Å². The molecule has 2 aliphatic rings. The number of hydrogen-bond acceptors (Lipinski definition) is 4. The zero-order valence-corrected chi connectivity index (χ0v) is 14.7. The van der Waals surface area contributed by atoms with Crippen LogP contribution < -0.4 is 0 Å². The van der Waals surface area contributed by atoms with Gasteiger partial charge in [0.1, 0.15) is 10.9 Å². The lowest BCUT2D eigenvalue weighted by atomic mass is 10.0. The van der Waals surface area contributed by atoms with Gasteiger partial charge in [0.2, 0.25) is 5.91 Å². The first-order valence-corrected chi connectivity index (χ1v) is 8.77. The second-order valence-electron chi connectivity index (χ2n) is 5.62. The van der Waals surface area contributed by atoms with E-state index in [1.807, 2.05) is 0 Å². The summed E-state index contributed by atoms with van der Waals surface area (Å²) in [6.07, 6.45) is 1.29. The number of piperidine rings is 1. The van der Waals surface area contributed by atoms with Crippen molar-refractivity contribution in [3.63, 3.8) is 0 Å². The van der Waals surface area contributed by atoms with E-state index >= 15 is 0 Å². The Morgan fingerprint density at radius 1 is 1.26 bits per heavy atom. The molecule has 6 nitrogen and oxygen atoms in total. The Balaban J connectivity index is 1.63. The van der Waals surface area contributed by atoms with Crippen molar-refractivity contribution < 1.29 is 14.4 Å². The number of likely N-dealkylation sites (tertiary alicyclic amines) is 1. The smallest absolute Gasteiger partial charge is 0.327 e. The van der Waals surface area contributed by atoms with E-state index < -0.39 is 0 Å². The molecule has 4 amide bonds. The van der Waals surface area contributed by atoms with Gasteiger partial charge in [-0.2, -0.15) is 0 Å². The number of thiophene rings is 1. The third-order valence-corrected chi connectivity index (χ3v) is 5.78. The van der Waals surface area contributed by atoms with Crippen LogP contribution in [-0.2, 0) is 4.79 Å². The molecule has 0 atom stereocenters. The summed E-state index contributed by atoms with van der Waals surface area (Å²) < 4.78 is 0.876. The summed E-state index contributed by atoms with van der Waals surface area (Å²) >= 11 is 13.1. The highest BCUT2D eigenvalue weighted by molar-refractivity contribution is 7.20. The number of carbonyl (C=O) groups excluding carboxylic acids is 3. The standard InChI is InChI=1S/C14H15Cl2N3O3S/c1-17-11(20)7-19(14(17)22)8-2-4-18(5-3-8)13(21)9-6-10(15)23-12(9)16/h6,8H,2-5,7H2,1H3. The van der Waals surface area contributed by atoms with Crippen molar-refractivity contribution in [1.82, 2.24) is 14.7 Å². The fraction of sp³-hybridized carbons (Fsp3) is 0.500. The zero-order valence-electron chi connectivity index (χ0n) is 12.4. The van der Waals surface area contributed by atoms with E-state index in [9.17, 15) is 14.4 Å². The summed E-state index contributed by atoms with van der Waals surface area (Å²) in [4.78, 5) is 40.6. The molecule has 1 aromatic rings. The molecule has 0 aromatic carbocycles. The Morgan fingerprint density at radius 2 is 1.91 bits per heavy atom. The quantitative estimate of drug-likeness (QED) is 0.746. The van der Waals surface area contributed by atoms with Crippen LogP contribution in [0, 0.1) is 0 Å². The summed E-state index contributed by atoms with van der Waals surface area (Å²) in [5.41, 5.74) is 0.423. The molecule has 0 bridgehead atoms. The molecule has 1 aromatic heterocycles. The van der Waals surface area contributed by atoms with Gasteiger partial charge in [-0.15, -0.1) is 11.3 Å². The van der Waals surface area contributed by atoms with E-state index in [0.29, 0.717) is 40.2 Å². The van der Waals surface area contributed by atoms with Gasteiger partial charge in [-0.3, -0.25) is 14.5 Å². The normalized spacial score (nSPS) is 19.9. The zero-order chi connectivity index (χ0) is 16.7. The number of halogens is 2. The van der Waals surface area contributed by atoms with Gasteiger partial charge in [0.05, 0.1) is 9.90 Å². The molecule has 0 unspecified atom stereocenters. The molecule has 2 saturated heterocycles. The molecular formula is C14H15Cl2N3O3S. The molecule has 0 spiro atoms. The van der Waals surface area contributed by atoms with Crippen LogP contribution >= 0.6 is 34.5 Å². The summed E-state index contributed by atoms with van der Waals surface area (Å²) in [6.45, 7) is 1.17. The molecular weight excluding hydrogens is 361 g/mol. The monoisotopic (exact) mass is 375 g/mol. The Kier molecular flexibility index (Phi) is 4.53. The van der Waals surface area contributed by atoms with Crippen LogP contribution in [0.15, 0.2) is 6.07 Å². The highest BCUT2D eigenvalue weighted by atomic mass is 35.5. The van der Waals surface area contributed by atoms with Crippen molar-refractivity contribution in [3.8, 4) is 0 Å². The predicted molar refractivity (Wildman–Crippen MR) is 88.1 cm³/mol. The number of carbonyl (C=O) groups is 3. The molecule has 3 heterocycles. The highest BCUT2D eigenvalue weighted by Crippen LogP contribution is 2.32. The van der Waals surface area contributed by atoms with Gasteiger partial charge in [-0.1, -0.05) is 23.2 Å².